The van der Waals surface area contributed by atoms with Gasteiger partial charge in [-0.1, -0.05) is 0 Å². The molecule has 2 rings (SSSR count). The molecule has 0 aliphatic heterocycles. The molecule has 0 saturated heterocycles. The number of nitrogens with one attached hydrogen (secondary N) is 2. The number of hydrogen-bond donors (Lipinski definition) is 2. The average molecular weight is 196 g/mol. The van der Waals surface area contributed by atoms with Gasteiger partial charge in [-0.25, -0.2) is 4.98 Å². The number of nitrogens with zero attached hydrogens (tertiary/aromatic N) is 1. The molecule has 2 aromatic rings. The molecular weight excluding hydrogens is 186 g/mol. The smallest absolute Gasteiger partial charge is 0.104 e. The first-order chi connectivity index (χ1) is 6.29. The lowest BCUT2D eigenvalue weighted by molar-refractivity contribution is 1.17. The number of aromatic nitrogens is 2. The summed E-state index contributed by atoms with van der Waals surface area (Å²) in [7, 11) is 0. The number of hydrogen-bond acceptors (Lipinski definition) is 2. The maximum absolute atomic E-state index is 5.56. The third-order valence-corrected chi connectivity index (χ3v) is 2.00. The second-order valence-corrected chi connectivity index (χ2v) is 3.13. The van der Waals surface area contributed by atoms with Gasteiger partial charge in [-0.3, -0.25) is 0 Å². The number of H-pyrrole nitrogens is 1. The van der Waals surface area contributed by atoms with Gasteiger partial charge in [0.25, 0.3) is 0 Å². The first kappa shape index (κ1) is 8.38. The van der Waals surface area contributed by atoms with Crippen LogP contribution in [0.1, 0.15) is 5.82 Å². The van der Waals surface area contributed by atoms with Gasteiger partial charge < -0.3 is 10.3 Å². The van der Waals surface area contributed by atoms with E-state index in [1.807, 2.05) is 25.1 Å². The minimum absolute atomic E-state index is 0.415. The molecule has 0 bridgehead atoms. The van der Waals surface area contributed by atoms with E-state index in [9.17, 15) is 0 Å². The molecule has 0 aliphatic carbocycles. The molecule has 68 valence electrons. The Morgan fingerprint density at radius 3 is 3.15 bits per heavy atom. The maximum Gasteiger partial charge on any atom is 0.104 e. The Hall–Kier alpha value is -1.22. The number of aryl methyl sites for hydroxylation is 1. The first-order valence-electron chi connectivity index (χ1n) is 4.06. The summed E-state index contributed by atoms with van der Waals surface area (Å²) < 4.78 is 0. The summed E-state index contributed by atoms with van der Waals surface area (Å²) in [5, 5.41) is 3.03. The summed E-state index contributed by atoms with van der Waals surface area (Å²) in [4.78, 5) is 7.46. The van der Waals surface area contributed by atoms with Crippen molar-refractivity contribution in [3.63, 3.8) is 0 Å². The molecule has 1 aromatic heterocycles. The maximum atomic E-state index is 5.56. The number of fused-ring (bicyclic) bond motifs is 1. The third kappa shape index (κ3) is 1.60. The van der Waals surface area contributed by atoms with Gasteiger partial charge >= 0.3 is 0 Å². The summed E-state index contributed by atoms with van der Waals surface area (Å²) in [5.74, 6) is 0.929. The van der Waals surface area contributed by atoms with Crippen LogP contribution >= 0.6 is 11.6 Å². The van der Waals surface area contributed by atoms with E-state index in [1.54, 1.807) is 0 Å². The van der Waals surface area contributed by atoms with Crippen LogP contribution in [0.15, 0.2) is 18.2 Å². The van der Waals surface area contributed by atoms with E-state index in [0.29, 0.717) is 6.00 Å². The number of aromatic amines is 1. The Kier molecular flexibility index (Phi) is 2.10. The van der Waals surface area contributed by atoms with Gasteiger partial charge in [-0.15, -0.1) is 11.6 Å². The van der Waals surface area contributed by atoms with E-state index in [1.165, 1.54) is 0 Å². The lowest BCUT2D eigenvalue weighted by Gasteiger charge is -2.00. The first-order valence-corrected chi connectivity index (χ1v) is 4.59. The molecule has 0 spiro atoms. The highest BCUT2D eigenvalue weighted by molar-refractivity contribution is 6.18. The Morgan fingerprint density at radius 1 is 1.54 bits per heavy atom. The third-order valence-electron chi connectivity index (χ3n) is 1.87. The summed E-state index contributed by atoms with van der Waals surface area (Å²) in [6, 6.07) is 6.34. The minimum Gasteiger partial charge on any atom is -0.372 e. The van der Waals surface area contributed by atoms with Crippen LogP contribution in [-0.4, -0.2) is 16.0 Å². The van der Waals surface area contributed by atoms with Crippen LogP contribution < -0.4 is 5.32 Å². The average Bonchev–Trinajstić information content (AvgIpc) is 2.44. The van der Waals surface area contributed by atoms with Crippen LogP contribution in [0.3, 0.4) is 0 Å². The van der Waals surface area contributed by atoms with Crippen molar-refractivity contribution < 1.29 is 0 Å². The van der Waals surface area contributed by atoms with Gasteiger partial charge in [0.2, 0.25) is 0 Å². The molecule has 0 amide bonds. The lowest BCUT2D eigenvalue weighted by atomic mass is 10.3. The predicted molar refractivity (Wildman–Crippen MR) is 55.2 cm³/mol. The van der Waals surface area contributed by atoms with Gasteiger partial charge in [0.1, 0.15) is 5.82 Å². The lowest BCUT2D eigenvalue weighted by Crippen LogP contribution is -1.93. The van der Waals surface area contributed by atoms with Crippen LogP contribution in [0.4, 0.5) is 5.69 Å². The summed E-state index contributed by atoms with van der Waals surface area (Å²) >= 11 is 5.56. The largest absolute Gasteiger partial charge is 0.372 e. The Labute approximate surface area is 81.1 Å². The van der Waals surface area contributed by atoms with Crippen molar-refractivity contribution >= 4 is 28.3 Å². The zero-order valence-electron chi connectivity index (χ0n) is 7.26. The van der Waals surface area contributed by atoms with Crippen molar-refractivity contribution in [1.82, 2.24) is 9.97 Å². The molecule has 1 heterocycles. The number of benzene rings is 1. The molecule has 0 aliphatic rings. The second kappa shape index (κ2) is 3.26. The van der Waals surface area contributed by atoms with E-state index in [0.717, 1.165) is 22.5 Å². The molecule has 3 nitrogen and oxygen atoms in total. The minimum atomic E-state index is 0.415. The standard InChI is InChI=1S/C9H10ClN3/c1-6-12-8-3-2-7(11-5-10)4-9(8)13-6/h2-4,11H,5H2,1H3,(H,12,13). The molecule has 0 atom stereocenters. The Balaban J connectivity index is 2.48. The van der Waals surface area contributed by atoms with Gasteiger partial charge in [0.05, 0.1) is 17.0 Å². The summed E-state index contributed by atoms with van der Waals surface area (Å²) in [5.41, 5.74) is 3.02. The molecule has 1 aromatic carbocycles. The molecule has 13 heavy (non-hydrogen) atoms. The van der Waals surface area contributed by atoms with Crippen LogP contribution in [0.5, 0.6) is 0 Å². The van der Waals surface area contributed by atoms with Gasteiger partial charge in [-0.2, -0.15) is 0 Å². The molecule has 2 N–H and O–H groups in total. The Morgan fingerprint density at radius 2 is 2.38 bits per heavy atom. The number of imidazole rings is 1. The highest BCUT2D eigenvalue weighted by atomic mass is 35.5. The number of anilines is 1. The summed E-state index contributed by atoms with van der Waals surface area (Å²) in [6.07, 6.45) is 0. The fourth-order valence-corrected chi connectivity index (χ4v) is 1.48. The van der Waals surface area contributed by atoms with E-state index < -0.39 is 0 Å². The highest BCUT2D eigenvalue weighted by Gasteiger charge is 1.99. The van der Waals surface area contributed by atoms with Crippen molar-refractivity contribution in [2.75, 3.05) is 11.3 Å². The van der Waals surface area contributed by atoms with E-state index in [-0.39, 0.29) is 0 Å². The van der Waals surface area contributed by atoms with E-state index >= 15 is 0 Å². The molecule has 0 radical (unpaired) electrons. The fourth-order valence-electron chi connectivity index (χ4n) is 1.32. The van der Waals surface area contributed by atoms with Gasteiger partial charge in [-0.05, 0) is 25.1 Å². The monoisotopic (exact) mass is 195 g/mol. The van der Waals surface area contributed by atoms with Crippen molar-refractivity contribution in [3.05, 3.63) is 24.0 Å². The zero-order chi connectivity index (χ0) is 9.26. The fraction of sp³-hybridized carbons (Fsp3) is 0.222. The van der Waals surface area contributed by atoms with Crippen LogP contribution in [-0.2, 0) is 0 Å². The van der Waals surface area contributed by atoms with Crippen LogP contribution in [0.25, 0.3) is 11.0 Å². The highest BCUT2D eigenvalue weighted by Crippen LogP contribution is 2.16. The van der Waals surface area contributed by atoms with Crippen LogP contribution in [0, 0.1) is 6.92 Å². The number of rotatable bonds is 2. The molecule has 4 heteroatoms. The van der Waals surface area contributed by atoms with Gasteiger partial charge in [0.15, 0.2) is 0 Å². The van der Waals surface area contributed by atoms with Crippen LogP contribution in [0.2, 0.25) is 0 Å². The van der Waals surface area contributed by atoms with Crippen molar-refractivity contribution in [1.29, 1.82) is 0 Å². The number of halogens is 1. The predicted octanol–water partition coefficient (Wildman–Crippen LogP) is 2.48. The quantitative estimate of drug-likeness (QED) is 0.571. The second-order valence-electron chi connectivity index (χ2n) is 2.86. The molecule has 0 unspecified atom stereocenters. The van der Waals surface area contributed by atoms with E-state index in [4.69, 9.17) is 11.6 Å². The van der Waals surface area contributed by atoms with Crippen molar-refractivity contribution in [2.45, 2.75) is 6.92 Å². The Bertz CT molecular complexity index is 422. The molecule has 0 saturated carbocycles. The van der Waals surface area contributed by atoms with Crippen molar-refractivity contribution in [3.8, 4) is 0 Å². The van der Waals surface area contributed by atoms with E-state index in [2.05, 4.69) is 15.3 Å². The zero-order valence-corrected chi connectivity index (χ0v) is 8.02. The van der Waals surface area contributed by atoms with Gasteiger partial charge in [0, 0.05) is 5.69 Å². The summed E-state index contributed by atoms with van der Waals surface area (Å²) in [6.45, 7) is 1.94. The SMILES string of the molecule is Cc1nc2ccc(NCCl)cc2[nH]1. The normalized spacial score (nSPS) is 10.6. The topological polar surface area (TPSA) is 40.7 Å². The molecule has 0 fully saturated rings. The van der Waals surface area contributed by atoms with Crippen molar-refractivity contribution in [2.24, 2.45) is 0 Å². The number of alkyl halides is 1. The molecular formula is C9H10ClN3.